The molecule has 1 unspecified atom stereocenters. The molecule has 0 aromatic carbocycles. The minimum absolute atomic E-state index is 0.444. The Balaban J connectivity index is 1.55. The van der Waals surface area contributed by atoms with Crippen LogP contribution in [0.25, 0.3) is 0 Å². The molecule has 2 aliphatic carbocycles. The average molecular weight is 385 g/mol. The van der Waals surface area contributed by atoms with E-state index in [0.29, 0.717) is 11.9 Å². The SMILES string of the molecule is NC1=N[C@](CCC2CCCCC2)(CC2CCCCC2)C(O)N1c1cccnc1. The minimum Gasteiger partial charge on any atom is -0.371 e. The van der Waals surface area contributed by atoms with Gasteiger partial charge in [-0.2, -0.15) is 0 Å². The number of guanidine groups is 1. The van der Waals surface area contributed by atoms with Crippen molar-refractivity contribution in [2.24, 2.45) is 22.6 Å². The Bertz CT molecular complexity index is 652. The van der Waals surface area contributed by atoms with Crippen LogP contribution in [0, 0.1) is 11.8 Å². The van der Waals surface area contributed by atoms with E-state index in [-0.39, 0.29) is 0 Å². The van der Waals surface area contributed by atoms with E-state index >= 15 is 0 Å². The molecular formula is C23H36N4O. The molecular weight excluding hydrogens is 348 g/mol. The predicted molar refractivity (Wildman–Crippen MR) is 114 cm³/mol. The first-order valence-corrected chi connectivity index (χ1v) is 11.4. The maximum absolute atomic E-state index is 11.5. The van der Waals surface area contributed by atoms with Crippen LogP contribution in [0.3, 0.4) is 0 Å². The highest BCUT2D eigenvalue weighted by molar-refractivity contribution is 5.97. The Morgan fingerprint density at radius 2 is 1.71 bits per heavy atom. The summed E-state index contributed by atoms with van der Waals surface area (Å²) in [5.41, 5.74) is 6.74. The smallest absolute Gasteiger partial charge is 0.198 e. The Morgan fingerprint density at radius 3 is 2.36 bits per heavy atom. The lowest BCUT2D eigenvalue weighted by atomic mass is 9.74. The molecule has 0 amide bonds. The lowest BCUT2D eigenvalue weighted by Crippen LogP contribution is -2.49. The molecule has 3 N–H and O–H groups in total. The zero-order chi connectivity index (χ0) is 19.4. The molecule has 2 heterocycles. The van der Waals surface area contributed by atoms with Crippen LogP contribution in [0.1, 0.15) is 83.5 Å². The van der Waals surface area contributed by atoms with Crippen LogP contribution < -0.4 is 10.6 Å². The number of anilines is 1. The van der Waals surface area contributed by atoms with Gasteiger partial charge in [0.1, 0.15) is 5.54 Å². The Morgan fingerprint density at radius 1 is 1.04 bits per heavy atom. The van der Waals surface area contributed by atoms with E-state index in [1.165, 1.54) is 64.2 Å². The second-order valence-electron chi connectivity index (χ2n) is 9.28. The number of aromatic nitrogens is 1. The van der Waals surface area contributed by atoms with Gasteiger partial charge < -0.3 is 10.8 Å². The van der Waals surface area contributed by atoms with Crippen molar-refractivity contribution in [2.45, 2.75) is 95.2 Å². The molecule has 0 radical (unpaired) electrons. The molecule has 1 aromatic heterocycles. The summed E-state index contributed by atoms with van der Waals surface area (Å²) in [7, 11) is 0. The summed E-state index contributed by atoms with van der Waals surface area (Å²) in [6.07, 6.45) is 19.1. The van der Waals surface area contributed by atoms with E-state index in [1.54, 1.807) is 17.3 Å². The van der Waals surface area contributed by atoms with Gasteiger partial charge in [-0.3, -0.25) is 9.88 Å². The number of nitrogens with zero attached hydrogens (tertiary/aromatic N) is 3. The minimum atomic E-state index is -0.692. The van der Waals surface area contributed by atoms with Gasteiger partial charge in [0.05, 0.1) is 11.9 Å². The Labute approximate surface area is 169 Å². The van der Waals surface area contributed by atoms with E-state index in [2.05, 4.69) is 4.98 Å². The molecule has 0 spiro atoms. The maximum atomic E-state index is 11.5. The average Bonchev–Trinajstić information content (AvgIpc) is 2.98. The van der Waals surface area contributed by atoms with Crippen LogP contribution in [0.5, 0.6) is 0 Å². The van der Waals surface area contributed by atoms with Gasteiger partial charge in [-0.25, -0.2) is 4.99 Å². The van der Waals surface area contributed by atoms with E-state index in [4.69, 9.17) is 10.7 Å². The fourth-order valence-electron chi connectivity index (χ4n) is 5.73. The third kappa shape index (κ3) is 4.19. The highest BCUT2D eigenvalue weighted by Crippen LogP contribution is 2.43. The van der Waals surface area contributed by atoms with E-state index < -0.39 is 11.8 Å². The van der Waals surface area contributed by atoms with Crippen molar-refractivity contribution in [3.05, 3.63) is 24.5 Å². The molecule has 154 valence electrons. The summed E-state index contributed by atoms with van der Waals surface area (Å²) < 4.78 is 0. The molecule has 1 aromatic rings. The number of aliphatic hydroxyl groups excluding tert-OH is 1. The van der Waals surface area contributed by atoms with Crippen molar-refractivity contribution >= 4 is 11.6 Å². The van der Waals surface area contributed by atoms with Gasteiger partial charge >= 0.3 is 0 Å². The summed E-state index contributed by atoms with van der Waals surface area (Å²) in [4.78, 5) is 11.0. The highest BCUT2D eigenvalue weighted by atomic mass is 16.3. The molecule has 1 aliphatic heterocycles. The molecule has 2 atom stereocenters. The number of nitrogens with two attached hydrogens (primary N) is 1. The molecule has 0 saturated heterocycles. The van der Waals surface area contributed by atoms with E-state index in [9.17, 15) is 5.11 Å². The monoisotopic (exact) mass is 384 g/mol. The third-order valence-corrected chi connectivity index (χ3v) is 7.31. The Hall–Kier alpha value is -1.62. The van der Waals surface area contributed by atoms with Crippen LogP contribution in [0.4, 0.5) is 5.69 Å². The van der Waals surface area contributed by atoms with Crippen LogP contribution in [0.2, 0.25) is 0 Å². The van der Waals surface area contributed by atoms with Crippen molar-refractivity contribution in [3.63, 3.8) is 0 Å². The number of aliphatic imine (C=N–C) groups is 1. The van der Waals surface area contributed by atoms with Crippen LogP contribution >= 0.6 is 0 Å². The van der Waals surface area contributed by atoms with Crippen LogP contribution in [0.15, 0.2) is 29.5 Å². The topological polar surface area (TPSA) is 74.7 Å². The maximum Gasteiger partial charge on any atom is 0.198 e. The fourth-order valence-corrected chi connectivity index (χ4v) is 5.73. The molecule has 3 aliphatic rings. The zero-order valence-corrected chi connectivity index (χ0v) is 17.1. The van der Waals surface area contributed by atoms with Crippen molar-refractivity contribution in [3.8, 4) is 0 Å². The van der Waals surface area contributed by atoms with Crippen LogP contribution in [-0.4, -0.2) is 27.8 Å². The van der Waals surface area contributed by atoms with Gasteiger partial charge in [0, 0.05) is 6.20 Å². The molecule has 5 heteroatoms. The van der Waals surface area contributed by atoms with Crippen molar-refractivity contribution in [2.75, 3.05) is 4.90 Å². The van der Waals surface area contributed by atoms with Crippen molar-refractivity contribution in [1.29, 1.82) is 0 Å². The van der Waals surface area contributed by atoms with Crippen LogP contribution in [-0.2, 0) is 0 Å². The summed E-state index contributed by atoms with van der Waals surface area (Å²) in [6.45, 7) is 0. The largest absolute Gasteiger partial charge is 0.371 e. The summed E-state index contributed by atoms with van der Waals surface area (Å²) in [5, 5.41) is 11.5. The number of hydrogen-bond donors (Lipinski definition) is 2. The number of hydrogen-bond acceptors (Lipinski definition) is 5. The molecule has 4 rings (SSSR count). The van der Waals surface area contributed by atoms with E-state index in [0.717, 1.165) is 30.9 Å². The predicted octanol–water partition coefficient (Wildman–Crippen LogP) is 4.60. The molecule has 5 nitrogen and oxygen atoms in total. The lowest BCUT2D eigenvalue weighted by molar-refractivity contribution is 0.0705. The van der Waals surface area contributed by atoms with Gasteiger partial charge in [0.25, 0.3) is 0 Å². The van der Waals surface area contributed by atoms with Gasteiger partial charge in [0.2, 0.25) is 0 Å². The van der Waals surface area contributed by atoms with Crippen molar-refractivity contribution < 1.29 is 5.11 Å². The zero-order valence-electron chi connectivity index (χ0n) is 17.1. The number of rotatable bonds is 6. The summed E-state index contributed by atoms with van der Waals surface area (Å²) >= 11 is 0. The molecule has 2 fully saturated rings. The molecule has 2 saturated carbocycles. The fraction of sp³-hybridized carbons (Fsp3) is 0.739. The van der Waals surface area contributed by atoms with Crippen molar-refractivity contribution in [1.82, 2.24) is 4.98 Å². The quantitative estimate of drug-likeness (QED) is 0.751. The first-order chi connectivity index (χ1) is 13.7. The number of aliphatic hydroxyl groups is 1. The second kappa shape index (κ2) is 8.81. The normalized spacial score (nSPS) is 29.8. The molecule has 28 heavy (non-hydrogen) atoms. The van der Waals surface area contributed by atoms with Gasteiger partial charge in [-0.15, -0.1) is 0 Å². The number of pyridine rings is 1. The standard InChI is InChI=1S/C23H36N4O/c24-22-26-23(16-19-10-5-2-6-11-19,14-13-18-8-3-1-4-9-18)21(28)27(22)20-12-7-15-25-17-20/h7,12,15,17-19,21,28H,1-6,8-11,13-14,16H2,(H2,24,26)/t21?,23-/m1/s1. The third-order valence-electron chi connectivity index (χ3n) is 7.31. The van der Waals surface area contributed by atoms with E-state index in [1.807, 2.05) is 12.1 Å². The van der Waals surface area contributed by atoms with Gasteiger partial charge in [-0.05, 0) is 43.2 Å². The summed E-state index contributed by atoms with van der Waals surface area (Å²) in [6, 6.07) is 3.84. The van der Waals surface area contributed by atoms with Gasteiger partial charge in [-0.1, -0.05) is 64.2 Å². The lowest BCUT2D eigenvalue weighted by Gasteiger charge is -2.38. The first-order valence-electron chi connectivity index (χ1n) is 11.4. The second-order valence-corrected chi connectivity index (χ2v) is 9.28. The first kappa shape index (κ1) is 19.7. The van der Waals surface area contributed by atoms with Gasteiger partial charge in [0.15, 0.2) is 12.2 Å². The molecule has 0 bridgehead atoms. The highest BCUT2D eigenvalue weighted by Gasteiger charge is 2.49. The summed E-state index contributed by atoms with van der Waals surface area (Å²) in [5.74, 6) is 1.88. The Kier molecular flexibility index (Phi) is 6.19.